The number of ether oxygens (including phenoxy) is 4. The van der Waals surface area contributed by atoms with Gasteiger partial charge < -0.3 is 24.4 Å². The van der Waals surface area contributed by atoms with Gasteiger partial charge >= 0.3 is 0 Å². The zero-order valence-electron chi connectivity index (χ0n) is 11.9. The number of rotatable bonds is 7. The highest BCUT2D eigenvalue weighted by Crippen LogP contribution is 2.41. The molecule has 0 aliphatic rings. The van der Waals surface area contributed by atoms with Crippen molar-refractivity contribution in [1.82, 2.24) is 9.59 Å². The van der Waals surface area contributed by atoms with Crippen molar-refractivity contribution in [2.75, 3.05) is 26.8 Å². The Morgan fingerprint density at radius 2 is 1.81 bits per heavy atom. The van der Waals surface area contributed by atoms with Gasteiger partial charge in [-0.1, -0.05) is 4.49 Å². The average Bonchev–Trinajstić information content (AvgIpc) is 2.99. The van der Waals surface area contributed by atoms with Crippen LogP contribution in [0.3, 0.4) is 0 Å². The Balaban J connectivity index is 2.20. The number of nitrogens with zero attached hydrogens (tertiary/aromatic N) is 2. The second-order valence-electron chi connectivity index (χ2n) is 3.84. The van der Waals surface area contributed by atoms with E-state index in [1.54, 1.807) is 33.5 Å². The van der Waals surface area contributed by atoms with Crippen LogP contribution in [0.15, 0.2) is 12.1 Å². The van der Waals surface area contributed by atoms with Crippen molar-refractivity contribution in [2.24, 2.45) is 5.84 Å². The molecule has 114 valence electrons. The predicted molar refractivity (Wildman–Crippen MR) is 78.1 cm³/mol. The molecule has 8 nitrogen and oxygen atoms in total. The minimum absolute atomic E-state index is 0.217. The third-order valence-corrected chi connectivity index (χ3v) is 3.40. The largest absolute Gasteiger partial charge is 0.493 e. The standard InChI is InChI=1S/C12H16N4O4S/c1-17-9-4-7(5-10(18-2)11(9)19-3)20-6-8-12(14-13)21-16-15-8/h4-5,14H,6,13H2,1-3H3. The van der Waals surface area contributed by atoms with Gasteiger partial charge in [-0.05, 0) is 0 Å². The summed E-state index contributed by atoms with van der Waals surface area (Å²) in [6.07, 6.45) is 0. The molecule has 0 saturated heterocycles. The Kier molecular flexibility index (Phi) is 5.01. The lowest BCUT2D eigenvalue weighted by atomic mass is 10.2. The van der Waals surface area contributed by atoms with Crippen LogP contribution >= 0.6 is 11.5 Å². The monoisotopic (exact) mass is 312 g/mol. The molecular formula is C12H16N4O4S. The number of nitrogen functional groups attached to an aromatic ring is 1. The topological polar surface area (TPSA) is 101 Å². The lowest BCUT2D eigenvalue weighted by molar-refractivity contribution is 0.288. The Morgan fingerprint density at radius 1 is 1.14 bits per heavy atom. The number of nitrogens with one attached hydrogen (secondary N) is 1. The van der Waals surface area contributed by atoms with Crippen molar-refractivity contribution in [3.05, 3.63) is 17.8 Å². The van der Waals surface area contributed by atoms with Crippen LogP contribution in [0.2, 0.25) is 0 Å². The first kappa shape index (κ1) is 15.1. The number of methoxy groups -OCH3 is 3. The van der Waals surface area contributed by atoms with E-state index in [0.717, 1.165) is 11.5 Å². The predicted octanol–water partition coefficient (Wildman–Crippen LogP) is 1.43. The SMILES string of the molecule is COc1cc(OCc2nnsc2NN)cc(OC)c1OC. The maximum Gasteiger partial charge on any atom is 0.203 e. The molecule has 9 heteroatoms. The summed E-state index contributed by atoms with van der Waals surface area (Å²) < 4.78 is 25.2. The van der Waals surface area contributed by atoms with E-state index in [4.69, 9.17) is 24.8 Å². The van der Waals surface area contributed by atoms with Crippen LogP contribution in [-0.2, 0) is 6.61 Å². The van der Waals surface area contributed by atoms with E-state index in [1.165, 1.54) is 0 Å². The third-order valence-electron chi connectivity index (χ3n) is 2.70. The smallest absolute Gasteiger partial charge is 0.203 e. The van der Waals surface area contributed by atoms with E-state index in [0.29, 0.717) is 33.7 Å². The molecule has 1 aromatic heterocycles. The summed E-state index contributed by atoms with van der Waals surface area (Å²) in [5.74, 6) is 7.45. The van der Waals surface area contributed by atoms with Gasteiger partial charge in [-0.2, -0.15) is 0 Å². The van der Waals surface area contributed by atoms with E-state index >= 15 is 0 Å². The quantitative estimate of drug-likeness (QED) is 0.585. The first-order chi connectivity index (χ1) is 10.2. The highest BCUT2D eigenvalue weighted by atomic mass is 32.1. The molecule has 3 N–H and O–H groups in total. The molecule has 0 unspecified atom stereocenters. The molecule has 0 atom stereocenters. The van der Waals surface area contributed by atoms with Crippen molar-refractivity contribution < 1.29 is 18.9 Å². The molecule has 0 aliphatic carbocycles. The minimum atomic E-state index is 0.217. The Hall–Kier alpha value is -2.26. The fourth-order valence-electron chi connectivity index (χ4n) is 1.70. The van der Waals surface area contributed by atoms with Gasteiger partial charge in [0.25, 0.3) is 0 Å². The van der Waals surface area contributed by atoms with Gasteiger partial charge in [-0.15, -0.1) is 5.10 Å². The zero-order valence-corrected chi connectivity index (χ0v) is 12.7. The van der Waals surface area contributed by atoms with Gasteiger partial charge in [-0.25, -0.2) is 5.84 Å². The van der Waals surface area contributed by atoms with Crippen molar-refractivity contribution in [2.45, 2.75) is 6.61 Å². The van der Waals surface area contributed by atoms with Gasteiger partial charge in [0.1, 0.15) is 18.1 Å². The summed E-state index contributed by atoms with van der Waals surface area (Å²) in [4.78, 5) is 0. The molecule has 21 heavy (non-hydrogen) atoms. The minimum Gasteiger partial charge on any atom is -0.493 e. The van der Waals surface area contributed by atoms with Crippen LogP contribution in [0.5, 0.6) is 23.0 Å². The van der Waals surface area contributed by atoms with Crippen molar-refractivity contribution in [1.29, 1.82) is 0 Å². The zero-order chi connectivity index (χ0) is 15.2. The molecule has 2 rings (SSSR count). The molecule has 2 aromatic rings. The third kappa shape index (κ3) is 3.26. The Morgan fingerprint density at radius 3 is 2.33 bits per heavy atom. The molecule has 0 amide bonds. The van der Waals surface area contributed by atoms with E-state index < -0.39 is 0 Å². The lowest BCUT2D eigenvalue weighted by Gasteiger charge is -2.14. The number of hydrogen-bond acceptors (Lipinski definition) is 9. The van der Waals surface area contributed by atoms with Crippen molar-refractivity contribution >= 4 is 16.5 Å². The van der Waals surface area contributed by atoms with E-state index in [1.807, 2.05) is 0 Å². The van der Waals surface area contributed by atoms with E-state index in [2.05, 4.69) is 15.0 Å². The number of nitrogens with two attached hydrogens (primary N) is 1. The molecule has 1 heterocycles. The fraction of sp³-hybridized carbons (Fsp3) is 0.333. The summed E-state index contributed by atoms with van der Waals surface area (Å²) >= 11 is 1.16. The van der Waals surface area contributed by atoms with E-state index in [9.17, 15) is 0 Å². The summed E-state index contributed by atoms with van der Waals surface area (Å²) in [5, 5.41) is 4.59. The molecule has 0 saturated carbocycles. The molecule has 0 fully saturated rings. The lowest BCUT2D eigenvalue weighted by Crippen LogP contribution is -2.08. The van der Waals surface area contributed by atoms with Crippen molar-refractivity contribution in [3.8, 4) is 23.0 Å². The number of hydrazine groups is 1. The molecular weight excluding hydrogens is 296 g/mol. The molecule has 0 bridgehead atoms. The highest BCUT2D eigenvalue weighted by molar-refractivity contribution is 7.10. The normalized spacial score (nSPS) is 10.1. The summed E-state index contributed by atoms with van der Waals surface area (Å²) in [6.45, 7) is 0.217. The van der Waals surface area contributed by atoms with Gasteiger partial charge in [0, 0.05) is 23.7 Å². The van der Waals surface area contributed by atoms with Gasteiger partial charge in [0.2, 0.25) is 5.75 Å². The second kappa shape index (κ2) is 6.95. The Bertz CT molecular complexity index is 580. The van der Waals surface area contributed by atoms with Crippen LogP contribution in [0.4, 0.5) is 5.00 Å². The summed E-state index contributed by atoms with van der Waals surface area (Å²) in [5.41, 5.74) is 3.14. The van der Waals surface area contributed by atoms with Gasteiger partial charge in [0.05, 0.1) is 21.3 Å². The van der Waals surface area contributed by atoms with Crippen molar-refractivity contribution in [3.63, 3.8) is 0 Å². The highest BCUT2D eigenvalue weighted by Gasteiger charge is 2.15. The van der Waals surface area contributed by atoms with Crippen LogP contribution in [-0.4, -0.2) is 30.9 Å². The molecule has 0 aliphatic heterocycles. The first-order valence-electron chi connectivity index (χ1n) is 5.94. The van der Waals surface area contributed by atoms with Gasteiger partial charge in [-0.3, -0.25) is 0 Å². The number of aromatic nitrogens is 2. The number of benzene rings is 1. The Labute approximate surface area is 125 Å². The average molecular weight is 312 g/mol. The van der Waals surface area contributed by atoms with E-state index in [-0.39, 0.29) is 6.61 Å². The second-order valence-corrected chi connectivity index (χ2v) is 4.60. The first-order valence-corrected chi connectivity index (χ1v) is 6.71. The van der Waals surface area contributed by atoms with Crippen LogP contribution in [0, 0.1) is 0 Å². The van der Waals surface area contributed by atoms with Crippen LogP contribution in [0.1, 0.15) is 5.69 Å². The van der Waals surface area contributed by atoms with Gasteiger partial charge in [0.15, 0.2) is 16.5 Å². The number of hydrogen-bond donors (Lipinski definition) is 2. The fourth-order valence-corrected chi connectivity index (χ4v) is 2.18. The van der Waals surface area contributed by atoms with Crippen LogP contribution < -0.4 is 30.2 Å². The summed E-state index contributed by atoms with van der Waals surface area (Å²) in [7, 11) is 4.63. The maximum atomic E-state index is 5.67. The molecule has 0 spiro atoms. The van der Waals surface area contributed by atoms with Crippen LogP contribution in [0.25, 0.3) is 0 Å². The molecule has 1 aromatic carbocycles. The number of anilines is 1. The maximum absolute atomic E-state index is 5.67. The summed E-state index contributed by atoms with van der Waals surface area (Å²) in [6, 6.07) is 3.41. The molecule has 0 radical (unpaired) electrons.